The molecule has 0 unspecified atom stereocenters. The van der Waals surface area contributed by atoms with Crippen molar-refractivity contribution < 1.29 is 4.79 Å². The molecule has 4 N–H and O–H groups in total. The molecular weight excluding hydrogens is 258 g/mol. The van der Waals surface area contributed by atoms with Gasteiger partial charge in [-0.2, -0.15) is 0 Å². The Morgan fingerprint density at radius 2 is 1.95 bits per heavy atom. The van der Waals surface area contributed by atoms with Gasteiger partial charge in [-0.15, -0.1) is 11.3 Å². The van der Waals surface area contributed by atoms with Gasteiger partial charge in [-0.1, -0.05) is 6.07 Å². The minimum atomic E-state index is -0.0464. The Kier molecular flexibility index (Phi) is 4.06. The van der Waals surface area contributed by atoms with Gasteiger partial charge in [-0.3, -0.25) is 4.79 Å². The van der Waals surface area contributed by atoms with E-state index in [1.165, 1.54) is 0 Å². The quantitative estimate of drug-likeness (QED) is 0.842. The van der Waals surface area contributed by atoms with Gasteiger partial charge in [0.2, 0.25) is 0 Å². The van der Waals surface area contributed by atoms with E-state index in [0.29, 0.717) is 30.0 Å². The van der Waals surface area contributed by atoms with Gasteiger partial charge in [0, 0.05) is 28.4 Å². The molecule has 0 spiro atoms. The van der Waals surface area contributed by atoms with Gasteiger partial charge < -0.3 is 16.4 Å². The smallest absolute Gasteiger partial charge is 0.254 e. The van der Waals surface area contributed by atoms with Crippen molar-refractivity contribution in [1.82, 2.24) is 4.90 Å². The summed E-state index contributed by atoms with van der Waals surface area (Å²) in [4.78, 5) is 15.4. The Bertz CT molecular complexity index is 546. The van der Waals surface area contributed by atoms with Crippen molar-refractivity contribution in [3.63, 3.8) is 0 Å². The minimum absolute atomic E-state index is 0.0464. The second kappa shape index (κ2) is 5.75. The van der Waals surface area contributed by atoms with Crippen LogP contribution in [0.2, 0.25) is 0 Å². The van der Waals surface area contributed by atoms with E-state index in [4.69, 9.17) is 11.5 Å². The van der Waals surface area contributed by atoms with E-state index >= 15 is 0 Å². The number of hydrogen-bond donors (Lipinski definition) is 2. The summed E-state index contributed by atoms with van der Waals surface area (Å²) in [5.74, 6) is -0.0464. The maximum atomic E-state index is 12.4. The SMILES string of the molecule is CCN(Cc1cccs1)C(=O)c1cc(N)cc(N)c1. The molecule has 0 fully saturated rings. The van der Waals surface area contributed by atoms with Crippen molar-refractivity contribution >= 4 is 28.6 Å². The van der Waals surface area contributed by atoms with Crippen LogP contribution in [-0.2, 0) is 6.54 Å². The van der Waals surface area contributed by atoms with E-state index in [9.17, 15) is 4.79 Å². The molecule has 0 saturated heterocycles. The van der Waals surface area contributed by atoms with Gasteiger partial charge in [0.15, 0.2) is 0 Å². The predicted octanol–water partition coefficient (Wildman–Crippen LogP) is 2.57. The molecule has 2 rings (SSSR count). The number of thiophene rings is 1. The van der Waals surface area contributed by atoms with Crippen LogP contribution in [0.4, 0.5) is 11.4 Å². The first-order valence-corrected chi connectivity index (χ1v) is 6.96. The zero-order chi connectivity index (χ0) is 13.8. The van der Waals surface area contributed by atoms with E-state index in [-0.39, 0.29) is 5.91 Å². The number of nitrogen functional groups attached to an aromatic ring is 2. The summed E-state index contributed by atoms with van der Waals surface area (Å²) in [5.41, 5.74) is 13.0. The van der Waals surface area contributed by atoms with Gasteiger partial charge in [0.05, 0.1) is 6.54 Å². The molecule has 0 bridgehead atoms. The summed E-state index contributed by atoms with van der Waals surface area (Å²) in [6.07, 6.45) is 0. The van der Waals surface area contributed by atoms with E-state index < -0.39 is 0 Å². The van der Waals surface area contributed by atoms with Crippen molar-refractivity contribution in [2.75, 3.05) is 18.0 Å². The molecule has 1 amide bonds. The average Bonchev–Trinajstić information content (AvgIpc) is 2.86. The minimum Gasteiger partial charge on any atom is -0.399 e. The molecule has 0 aliphatic carbocycles. The third kappa shape index (κ3) is 3.26. The molecule has 2 aromatic rings. The van der Waals surface area contributed by atoms with Crippen molar-refractivity contribution in [1.29, 1.82) is 0 Å². The molecule has 0 radical (unpaired) electrons. The first kappa shape index (κ1) is 13.4. The largest absolute Gasteiger partial charge is 0.399 e. The van der Waals surface area contributed by atoms with Crippen LogP contribution in [0.15, 0.2) is 35.7 Å². The average molecular weight is 275 g/mol. The van der Waals surface area contributed by atoms with Gasteiger partial charge in [-0.05, 0) is 36.6 Å². The number of nitrogens with two attached hydrogens (primary N) is 2. The second-order valence-corrected chi connectivity index (χ2v) is 5.32. The first-order valence-electron chi connectivity index (χ1n) is 6.08. The molecule has 4 nitrogen and oxygen atoms in total. The number of hydrogen-bond acceptors (Lipinski definition) is 4. The van der Waals surface area contributed by atoms with Crippen LogP contribution < -0.4 is 11.5 Å². The summed E-state index contributed by atoms with van der Waals surface area (Å²) >= 11 is 1.64. The van der Waals surface area contributed by atoms with E-state index in [1.807, 2.05) is 24.4 Å². The number of rotatable bonds is 4. The molecule has 5 heteroatoms. The second-order valence-electron chi connectivity index (χ2n) is 4.29. The number of benzene rings is 1. The Hall–Kier alpha value is -2.01. The molecule has 19 heavy (non-hydrogen) atoms. The molecule has 0 aliphatic heterocycles. The predicted molar refractivity (Wildman–Crippen MR) is 80.0 cm³/mol. The third-order valence-corrected chi connectivity index (χ3v) is 3.68. The van der Waals surface area contributed by atoms with E-state index in [1.54, 1.807) is 34.4 Å². The highest BCUT2D eigenvalue weighted by Crippen LogP contribution is 2.18. The lowest BCUT2D eigenvalue weighted by molar-refractivity contribution is 0.0754. The standard InChI is InChI=1S/C14H17N3OS/c1-2-17(9-13-4-3-5-19-13)14(18)10-6-11(15)8-12(16)7-10/h3-8H,2,9,15-16H2,1H3. The number of carbonyl (C=O) groups excluding carboxylic acids is 1. The van der Waals surface area contributed by atoms with Crippen molar-refractivity contribution in [3.8, 4) is 0 Å². The fraction of sp³-hybridized carbons (Fsp3) is 0.214. The Morgan fingerprint density at radius 1 is 1.26 bits per heavy atom. The van der Waals surface area contributed by atoms with Crippen LogP contribution >= 0.6 is 11.3 Å². The van der Waals surface area contributed by atoms with Crippen molar-refractivity contribution in [2.24, 2.45) is 0 Å². The van der Waals surface area contributed by atoms with Crippen LogP contribution in [0.5, 0.6) is 0 Å². The van der Waals surface area contributed by atoms with Gasteiger partial charge in [-0.25, -0.2) is 0 Å². The fourth-order valence-corrected chi connectivity index (χ4v) is 2.62. The molecule has 0 aliphatic rings. The summed E-state index contributed by atoms with van der Waals surface area (Å²) in [7, 11) is 0. The van der Waals surface area contributed by atoms with Crippen LogP contribution in [-0.4, -0.2) is 17.4 Å². The number of anilines is 2. The zero-order valence-electron chi connectivity index (χ0n) is 10.8. The highest BCUT2D eigenvalue weighted by Gasteiger charge is 2.15. The lowest BCUT2D eigenvalue weighted by Gasteiger charge is -2.20. The fourth-order valence-electron chi connectivity index (χ4n) is 1.90. The maximum absolute atomic E-state index is 12.4. The molecule has 0 saturated carbocycles. The molecule has 100 valence electrons. The highest BCUT2D eigenvalue weighted by molar-refractivity contribution is 7.09. The summed E-state index contributed by atoms with van der Waals surface area (Å²) in [6, 6.07) is 8.98. The molecular formula is C14H17N3OS. The van der Waals surface area contributed by atoms with Crippen LogP contribution in [0.25, 0.3) is 0 Å². The lowest BCUT2D eigenvalue weighted by atomic mass is 10.1. The van der Waals surface area contributed by atoms with Crippen LogP contribution in [0.1, 0.15) is 22.2 Å². The summed E-state index contributed by atoms with van der Waals surface area (Å²) < 4.78 is 0. The van der Waals surface area contributed by atoms with E-state index in [0.717, 1.165) is 4.88 Å². The monoisotopic (exact) mass is 275 g/mol. The number of carbonyl (C=O) groups is 1. The number of amides is 1. The molecule has 1 aromatic heterocycles. The topological polar surface area (TPSA) is 72.3 Å². The van der Waals surface area contributed by atoms with Crippen molar-refractivity contribution in [3.05, 3.63) is 46.2 Å². The molecule has 1 heterocycles. The Balaban J connectivity index is 2.20. The molecule has 0 atom stereocenters. The Labute approximate surface area is 116 Å². The van der Waals surface area contributed by atoms with E-state index in [2.05, 4.69) is 0 Å². The lowest BCUT2D eigenvalue weighted by Crippen LogP contribution is -2.30. The number of nitrogens with zero attached hydrogens (tertiary/aromatic N) is 1. The highest BCUT2D eigenvalue weighted by atomic mass is 32.1. The van der Waals surface area contributed by atoms with Crippen LogP contribution in [0, 0.1) is 0 Å². The first-order chi connectivity index (χ1) is 9.10. The van der Waals surface area contributed by atoms with Gasteiger partial charge in [0.1, 0.15) is 0 Å². The summed E-state index contributed by atoms with van der Waals surface area (Å²) in [5, 5.41) is 2.01. The van der Waals surface area contributed by atoms with Crippen LogP contribution in [0.3, 0.4) is 0 Å². The molecule has 1 aromatic carbocycles. The van der Waals surface area contributed by atoms with Gasteiger partial charge in [0.25, 0.3) is 5.91 Å². The summed E-state index contributed by atoms with van der Waals surface area (Å²) in [6.45, 7) is 3.22. The Morgan fingerprint density at radius 3 is 2.47 bits per heavy atom. The van der Waals surface area contributed by atoms with Crippen molar-refractivity contribution in [2.45, 2.75) is 13.5 Å². The zero-order valence-corrected chi connectivity index (χ0v) is 11.6. The maximum Gasteiger partial charge on any atom is 0.254 e. The third-order valence-electron chi connectivity index (χ3n) is 2.82. The normalized spacial score (nSPS) is 10.4. The van der Waals surface area contributed by atoms with Gasteiger partial charge >= 0.3 is 0 Å².